The highest BCUT2D eigenvalue weighted by molar-refractivity contribution is 6.28. The molecule has 19 heavy (non-hydrogen) atoms. The summed E-state index contributed by atoms with van der Waals surface area (Å²) in [6.45, 7) is 1.53. The molecule has 0 aliphatic carbocycles. The van der Waals surface area contributed by atoms with E-state index in [0.717, 1.165) is 0 Å². The molecule has 0 radical (unpaired) electrons. The van der Waals surface area contributed by atoms with Gasteiger partial charge in [-0.3, -0.25) is 10.1 Å². The van der Waals surface area contributed by atoms with Crippen molar-refractivity contribution in [3.63, 3.8) is 0 Å². The summed E-state index contributed by atoms with van der Waals surface area (Å²) < 4.78 is 5.04. The molecular weight excluding hydrogens is 270 g/mol. The third-order valence-corrected chi connectivity index (χ3v) is 2.75. The van der Waals surface area contributed by atoms with Crippen molar-refractivity contribution in [2.75, 3.05) is 7.11 Å². The zero-order chi connectivity index (χ0) is 14.0. The number of hydrogen-bond donors (Lipinski definition) is 0. The molecule has 0 N–H and O–H groups in total. The van der Waals surface area contributed by atoms with Gasteiger partial charge in [0.1, 0.15) is 11.4 Å². The molecule has 0 saturated heterocycles. The maximum atomic E-state index is 11.1. The van der Waals surface area contributed by atoms with Gasteiger partial charge in [-0.1, -0.05) is 0 Å². The molecule has 2 aromatic rings. The number of methoxy groups -OCH3 is 1. The van der Waals surface area contributed by atoms with E-state index in [1.165, 1.54) is 6.92 Å². The van der Waals surface area contributed by atoms with Gasteiger partial charge < -0.3 is 4.74 Å². The van der Waals surface area contributed by atoms with Crippen molar-refractivity contribution < 1.29 is 9.66 Å². The zero-order valence-corrected chi connectivity index (χ0v) is 11.0. The first-order valence-electron chi connectivity index (χ1n) is 5.36. The Morgan fingerprint density at radius 2 is 1.89 bits per heavy atom. The molecule has 0 atom stereocenters. The molecule has 0 amide bonds. The van der Waals surface area contributed by atoms with Gasteiger partial charge >= 0.3 is 5.69 Å². The predicted octanol–water partition coefficient (Wildman–Crippen LogP) is 3.02. The first-order valence-corrected chi connectivity index (χ1v) is 5.73. The molecule has 6 nitrogen and oxygen atoms in total. The highest BCUT2D eigenvalue weighted by atomic mass is 35.5. The molecular formula is C12H10ClN3O3. The Morgan fingerprint density at radius 3 is 2.42 bits per heavy atom. The maximum absolute atomic E-state index is 11.1. The Labute approximate surface area is 114 Å². The number of nitro groups is 1. The SMILES string of the molecule is COc1ccc(-c2nc(Cl)nc(C)c2[N+](=O)[O-])cc1. The van der Waals surface area contributed by atoms with Gasteiger partial charge in [0.05, 0.1) is 12.0 Å². The Bertz CT molecular complexity index is 629. The van der Waals surface area contributed by atoms with Crippen LogP contribution in [0, 0.1) is 17.0 Å². The van der Waals surface area contributed by atoms with Crippen LogP contribution in [0.3, 0.4) is 0 Å². The van der Waals surface area contributed by atoms with Crippen molar-refractivity contribution in [2.24, 2.45) is 0 Å². The van der Waals surface area contributed by atoms with E-state index in [-0.39, 0.29) is 22.4 Å². The van der Waals surface area contributed by atoms with Crippen molar-refractivity contribution in [1.29, 1.82) is 0 Å². The fraction of sp³-hybridized carbons (Fsp3) is 0.167. The fourth-order valence-electron chi connectivity index (χ4n) is 1.70. The van der Waals surface area contributed by atoms with Gasteiger partial charge in [0.15, 0.2) is 5.69 Å². The first kappa shape index (κ1) is 13.2. The molecule has 2 rings (SSSR count). The first-order chi connectivity index (χ1) is 9.02. The number of benzene rings is 1. The highest BCUT2D eigenvalue weighted by Gasteiger charge is 2.22. The van der Waals surface area contributed by atoms with E-state index in [1.54, 1.807) is 31.4 Å². The summed E-state index contributed by atoms with van der Waals surface area (Å²) in [5.41, 5.74) is 0.871. The number of rotatable bonds is 3. The minimum absolute atomic E-state index is 0.0195. The lowest BCUT2D eigenvalue weighted by Crippen LogP contribution is -2.01. The molecule has 1 heterocycles. The number of nitrogens with zero attached hydrogens (tertiary/aromatic N) is 3. The molecule has 0 aliphatic rings. The summed E-state index contributed by atoms with van der Waals surface area (Å²) in [4.78, 5) is 18.4. The van der Waals surface area contributed by atoms with Crippen molar-refractivity contribution in [2.45, 2.75) is 6.92 Å². The average Bonchev–Trinajstić information content (AvgIpc) is 2.37. The number of halogens is 1. The summed E-state index contributed by atoms with van der Waals surface area (Å²) in [5, 5.41) is 11.1. The molecule has 1 aromatic heterocycles. The maximum Gasteiger partial charge on any atom is 0.316 e. The summed E-state index contributed by atoms with van der Waals surface area (Å²) in [6.07, 6.45) is 0. The van der Waals surface area contributed by atoms with Crippen LogP contribution in [0.1, 0.15) is 5.69 Å². The highest BCUT2D eigenvalue weighted by Crippen LogP contribution is 2.31. The van der Waals surface area contributed by atoms with Crippen LogP contribution in [-0.4, -0.2) is 22.0 Å². The summed E-state index contributed by atoms with van der Waals surface area (Å²) in [5.74, 6) is 0.656. The normalized spacial score (nSPS) is 10.3. The van der Waals surface area contributed by atoms with Gasteiger partial charge in [0.2, 0.25) is 5.28 Å². The van der Waals surface area contributed by atoms with E-state index in [0.29, 0.717) is 11.3 Å². The van der Waals surface area contributed by atoms with E-state index < -0.39 is 4.92 Å². The molecule has 0 fully saturated rings. The second-order valence-corrected chi connectivity index (χ2v) is 4.10. The minimum atomic E-state index is -0.509. The molecule has 1 aromatic carbocycles. The van der Waals surface area contributed by atoms with Crippen molar-refractivity contribution >= 4 is 17.3 Å². The predicted molar refractivity (Wildman–Crippen MR) is 70.4 cm³/mol. The van der Waals surface area contributed by atoms with Crippen LogP contribution in [0.15, 0.2) is 24.3 Å². The Hall–Kier alpha value is -2.21. The van der Waals surface area contributed by atoms with Gasteiger partial charge in [-0.05, 0) is 42.8 Å². The molecule has 98 valence electrons. The van der Waals surface area contributed by atoms with Crippen LogP contribution in [0.2, 0.25) is 5.28 Å². The summed E-state index contributed by atoms with van der Waals surface area (Å²) in [6, 6.07) is 6.77. The molecule has 0 spiro atoms. The molecule has 0 bridgehead atoms. The van der Waals surface area contributed by atoms with E-state index in [9.17, 15) is 10.1 Å². The van der Waals surface area contributed by atoms with E-state index >= 15 is 0 Å². The lowest BCUT2D eigenvalue weighted by molar-refractivity contribution is -0.385. The van der Waals surface area contributed by atoms with Gasteiger partial charge in [-0.25, -0.2) is 9.97 Å². The molecule has 0 unspecified atom stereocenters. The number of aromatic nitrogens is 2. The Kier molecular flexibility index (Phi) is 3.62. The van der Waals surface area contributed by atoms with Gasteiger partial charge in [0, 0.05) is 5.56 Å². The third kappa shape index (κ3) is 2.63. The summed E-state index contributed by atoms with van der Waals surface area (Å²) in [7, 11) is 1.54. The summed E-state index contributed by atoms with van der Waals surface area (Å²) >= 11 is 5.77. The van der Waals surface area contributed by atoms with E-state index in [4.69, 9.17) is 16.3 Å². The number of hydrogen-bond acceptors (Lipinski definition) is 5. The topological polar surface area (TPSA) is 78.2 Å². The van der Waals surface area contributed by atoms with Crippen LogP contribution < -0.4 is 4.74 Å². The van der Waals surface area contributed by atoms with E-state index in [2.05, 4.69) is 9.97 Å². The van der Waals surface area contributed by atoms with Crippen molar-refractivity contribution in [1.82, 2.24) is 9.97 Å². The monoisotopic (exact) mass is 279 g/mol. The van der Waals surface area contributed by atoms with Crippen LogP contribution in [0.25, 0.3) is 11.3 Å². The molecule has 0 saturated carbocycles. The smallest absolute Gasteiger partial charge is 0.316 e. The number of aryl methyl sites for hydroxylation is 1. The van der Waals surface area contributed by atoms with Crippen molar-refractivity contribution in [3.05, 3.63) is 45.4 Å². The minimum Gasteiger partial charge on any atom is -0.497 e. The fourth-order valence-corrected chi connectivity index (χ4v) is 1.91. The van der Waals surface area contributed by atoms with Crippen LogP contribution in [0.4, 0.5) is 5.69 Å². The lowest BCUT2D eigenvalue weighted by atomic mass is 10.1. The molecule has 0 aliphatic heterocycles. The van der Waals surface area contributed by atoms with Crippen LogP contribution >= 0.6 is 11.6 Å². The second kappa shape index (κ2) is 5.19. The second-order valence-electron chi connectivity index (χ2n) is 3.76. The Morgan fingerprint density at radius 1 is 1.26 bits per heavy atom. The van der Waals surface area contributed by atoms with Crippen molar-refractivity contribution in [3.8, 4) is 17.0 Å². The number of ether oxygens (including phenoxy) is 1. The van der Waals surface area contributed by atoms with Gasteiger partial charge in [-0.2, -0.15) is 0 Å². The van der Waals surface area contributed by atoms with E-state index in [1.807, 2.05) is 0 Å². The van der Waals surface area contributed by atoms with Crippen LogP contribution in [0.5, 0.6) is 5.75 Å². The van der Waals surface area contributed by atoms with Gasteiger partial charge in [-0.15, -0.1) is 0 Å². The third-order valence-electron chi connectivity index (χ3n) is 2.58. The lowest BCUT2D eigenvalue weighted by Gasteiger charge is -2.06. The average molecular weight is 280 g/mol. The zero-order valence-electron chi connectivity index (χ0n) is 10.3. The van der Waals surface area contributed by atoms with Crippen LogP contribution in [-0.2, 0) is 0 Å². The van der Waals surface area contributed by atoms with Gasteiger partial charge in [0.25, 0.3) is 0 Å². The Balaban J connectivity index is 2.62. The largest absolute Gasteiger partial charge is 0.497 e. The molecule has 7 heteroatoms. The standard InChI is InChI=1S/C12H10ClN3O3/c1-7-11(16(17)18)10(15-12(13)14-7)8-3-5-9(19-2)6-4-8/h3-6H,1-2H3. The quantitative estimate of drug-likeness (QED) is 0.490.